The van der Waals surface area contributed by atoms with E-state index in [1.807, 2.05) is 11.0 Å². The lowest BCUT2D eigenvalue weighted by Crippen LogP contribution is -2.39. The number of H-pyrrole nitrogens is 1. The Balaban J connectivity index is 2.52. The van der Waals surface area contributed by atoms with Crippen LogP contribution in [0.1, 0.15) is 102 Å². The minimum atomic E-state index is -0.630. The number of nitrogens with zero attached hydrogens (tertiary/aromatic N) is 3. The summed E-state index contributed by atoms with van der Waals surface area (Å²) in [7, 11) is 1.36. The monoisotopic (exact) mass is 582 g/mol. The lowest BCUT2D eigenvalue weighted by molar-refractivity contribution is 0.0685. The molecule has 2 unspecified atom stereocenters. The number of rotatable bonds is 19. The number of carbonyl (C=O) groups is 1. The number of carbonyl (C=O) groups excluding carboxylic acids is 1. The fourth-order valence-electron chi connectivity index (χ4n) is 5.06. The van der Waals surface area contributed by atoms with E-state index >= 15 is 0 Å². The first-order valence-corrected chi connectivity index (χ1v) is 15.4. The zero-order chi connectivity index (χ0) is 31.1. The maximum atomic E-state index is 14.2. The van der Waals surface area contributed by atoms with E-state index in [-0.39, 0.29) is 28.7 Å². The topological polar surface area (TPSA) is 117 Å². The number of hydrogen-bond acceptors (Lipinski definition) is 7. The summed E-state index contributed by atoms with van der Waals surface area (Å²) in [5.41, 5.74) is 0.0719. The van der Waals surface area contributed by atoms with Crippen molar-refractivity contribution < 1.29 is 19.4 Å². The Morgan fingerprint density at radius 1 is 1.00 bits per heavy atom. The molecule has 0 aliphatic rings. The molecule has 0 aliphatic carbocycles. The Morgan fingerprint density at radius 2 is 1.60 bits per heavy atom. The Bertz CT molecular complexity index is 1220. The Labute approximate surface area is 251 Å². The molecule has 0 saturated heterocycles. The third kappa shape index (κ3) is 9.46. The van der Waals surface area contributed by atoms with Gasteiger partial charge in [0.05, 0.1) is 25.0 Å². The molecule has 2 atom stereocenters. The van der Waals surface area contributed by atoms with Crippen LogP contribution in [0.25, 0.3) is 5.76 Å². The Kier molecular flexibility index (Phi) is 14.8. The first-order valence-electron chi connectivity index (χ1n) is 15.4. The molecule has 0 radical (unpaired) electrons. The fraction of sp³-hybridized carbons (Fsp3) is 0.576. The molecular formula is C33H50N4O5. The quantitative estimate of drug-likeness (QED) is 0.127. The zero-order valence-corrected chi connectivity index (χ0v) is 26.4. The van der Waals surface area contributed by atoms with Gasteiger partial charge in [-0.3, -0.25) is 14.6 Å². The van der Waals surface area contributed by atoms with Crippen LogP contribution in [0, 0.1) is 11.8 Å². The number of ether oxygens (including phenoxy) is 2. The second kappa shape index (κ2) is 18.0. The van der Waals surface area contributed by atoms with E-state index in [1.54, 1.807) is 25.1 Å². The number of nitrogens with one attached hydrogen (secondary N) is 1. The largest absolute Gasteiger partial charge is 0.494 e. The normalized spacial score (nSPS) is 12.7. The fourth-order valence-corrected chi connectivity index (χ4v) is 5.06. The SMILES string of the molecule is C=C(OCC)c1c(OC)c(/N=N/c2ccccc2C(=O)N(CC(CC)CCCC)CC(CC)CCCC)c(O)[nH]c1=O. The maximum Gasteiger partial charge on any atom is 0.265 e. The summed E-state index contributed by atoms with van der Waals surface area (Å²) in [5, 5.41) is 19.2. The summed E-state index contributed by atoms with van der Waals surface area (Å²) < 4.78 is 10.9. The van der Waals surface area contributed by atoms with Crippen molar-refractivity contribution in [3.8, 4) is 11.6 Å². The molecule has 9 heteroatoms. The molecule has 2 rings (SSSR count). The highest BCUT2D eigenvalue weighted by Crippen LogP contribution is 2.39. The van der Waals surface area contributed by atoms with E-state index in [0.29, 0.717) is 42.8 Å². The van der Waals surface area contributed by atoms with Gasteiger partial charge >= 0.3 is 0 Å². The number of unbranched alkanes of at least 4 members (excludes halogenated alkanes) is 2. The van der Waals surface area contributed by atoms with Crippen LogP contribution in [0.15, 0.2) is 45.9 Å². The van der Waals surface area contributed by atoms with Gasteiger partial charge in [0, 0.05) is 13.1 Å². The van der Waals surface area contributed by atoms with Crippen LogP contribution in [0.4, 0.5) is 11.4 Å². The summed E-state index contributed by atoms with van der Waals surface area (Å²) in [6.07, 6.45) is 8.73. The van der Waals surface area contributed by atoms with Gasteiger partial charge in [0.15, 0.2) is 11.4 Å². The number of methoxy groups -OCH3 is 1. The van der Waals surface area contributed by atoms with Crippen molar-refractivity contribution >= 4 is 23.0 Å². The van der Waals surface area contributed by atoms with Crippen molar-refractivity contribution in [2.75, 3.05) is 26.8 Å². The van der Waals surface area contributed by atoms with Gasteiger partial charge in [-0.15, -0.1) is 10.2 Å². The Morgan fingerprint density at radius 3 is 2.12 bits per heavy atom. The van der Waals surface area contributed by atoms with Gasteiger partial charge in [-0.2, -0.15) is 0 Å². The van der Waals surface area contributed by atoms with Gasteiger partial charge in [0.1, 0.15) is 11.3 Å². The van der Waals surface area contributed by atoms with Crippen molar-refractivity contribution in [3.63, 3.8) is 0 Å². The predicted molar refractivity (Wildman–Crippen MR) is 169 cm³/mol. The van der Waals surface area contributed by atoms with Crippen LogP contribution in [0.5, 0.6) is 11.6 Å². The highest BCUT2D eigenvalue weighted by molar-refractivity contribution is 5.99. The molecule has 1 aromatic carbocycles. The van der Waals surface area contributed by atoms with Crippen LogP contribution in [0.3, 0.4) is 0 Å². The van der Waals surface area contributed by atoms with Crippen LogP contribution in [-0.4, -0.2) is 47.7 Å². The summed E-state index contributed by atoms with van der Waals surface area (Å²) in [6, 6.07) is 7.08. The van der Waals surface area contributed by atoms with Crippen LogP contribution in [0.2, 0.25) is 0 Å². The molecular weight excluding hydrogens is 532 g/mol. The van der Waals surface area contributed by atoms with Crippen LogP contribution in [-0.2, 0) is 4.74 Å². The molecule has 0 fully saturated rings. The van der Waals surface area contributed by atoms with Crippen molar-refractivity contribution in [1.29, 1.82) is 0 Å². The number of benzene rings is 1. The number of aromatic hydroxyl groups is 1. The molecule has 42 heavy (non-hydrogen) atoms. The molecule has 9 nitrogen and oxygen atoms in total. The lowest BCUT2D eigenvalue weighted by Gasteiger charge is -2.31. The van der Waals surface area contributed by atoms with Crippen LogP contribution < -0.4 is 10.3 Å². The molecule has 0 spiro atoms. The third-order valence-corrected chi connectivity index (χ3v) is 7.65. The number of hydrogen-bond donors (Lipinski definition) is 2. The molecule has 0 saturated carbocycles. The second-order valence-electron chi connectivity index (χ2n) is 10.7. The number of aromatic amines is 1. The molecule has 1 heterocycles. The summed E-state index contributed by atoms with van der Waals surface area (Å²) in [5.74, 6) is 0.309. The molecule has 232 valence electrons. The molecule has 2 aromatic rings. The number of aromatic nitrogens is 1. The molecule has 0 bridgehead atoms. The van der Waals surface area contributed by atoms with E-state index in [2.05, 4.69) is 49.5 Å². The van der Waals surface area contributed by atoms with Crippen molar-refractivity contribution in [2.45, 2.75) is 86.0 Å². The van der Waals surface area contributed by atoms with E-state index in [9.17, 15) is 14.7 Å². The van der Waals surface area contributed by atoms with E-state index < -0.39 is 11.4 Å². The lowest BCUT2D eigenvalue weighted by atomic mass is 9.95. The van der Waals surface area contributed by atoms with Crippen molar-refractivity contribution in [1.82, 2.24) is 9.88 Å². The molecule has 1 aromatic heterocycles. The van der Waals surface area contributed by atoms with Gasteiger partial charge in [-0.05, 0) is 43.7 Å². The van der Waals surface area contributed by atoms with Gasteiger partial charge in [-0.1, -0.05) is 84.9 Å². The van der Waals surface area contributed by atoms with Crippen molar-refractivity contribution in [3.05, 3.63) is 52.3 Å². The van der Waals surface area contributed by atoms with Gasteiger partial charge in [0.2, 0.25) is 5.88 Å². The second-order valence-corrected chi connectivity index (χ2v) is 10.7. The predicted octanol–water partition coefficient (Wildman–Crippen LogP) is 8.39. The molecule has 0 aliphatic heterocycles. The minimum Gasteiger partial charge on any atom is -0.494 e. The van der Waals surface area contributed by atoms with E-state index in [0.717, 1.165) is 51.4 Å². The summed E-state index contributed by atoms with van der Waals surface area (Å²) in [4.78, 5) is 31.1. The standard InChI is InChI=1S/C33H50N4O5/c1-8-13-17-24(10-3)21-37(22-25(11-4)18-14-9-2)33(40)26-19-15-16-20-27(26)35-36-29-30(41-7)28(23(6)42-12-5)31(38)34-32(29)39/h15-16,19-20,24-25H,6,8-14,17-18,21-22H2,1-5,7H3,(H2,34,38,39)/b36-35+. The van der Waals surface area contributed by atoms with E-state index in [4.69, 9.17) is 9.47 Å². The zero-order valence-electron chi connectivity index (χ0n) is 26.4. The Hall–Kier alpha value is -3.62. The maximum absolute atomic E-state index is 14.2. The minimum absolute atomic E-state index is 0.0111. The molecule has 2 N–H and O–H groups in total. The highest BCUT2D eigenvalue weighted by Gasteiger charge is 2.25. The first-order chi connectivity index (χ1) is 20.3. The number of azo groups is 1. The van der Waals surface area contributed by atoms with E-state index in [1.165, 1.54) is 7.11 Å². The first kappa shape index (κ1) is 34.6. The van der Waals surface area contributed by atoms with Crippen LogP contribution >= 0.6 is 0 Å². The van der Waals surface area contributed by atoms with Gasteiger partial charge < -0.3 is 19.5 Å². The van der Waals surface area contributed by atoms with Gasteiger partial charge in [-0.25, -0.2) is 0 Å². The van der Waals surface area contributed by atoms with Gasteiger partial charge in [0.25, 0.3) is 11.5 Å². The molecule has 1 amide bonds. The number of amides is 1. The smallest absolute Gasteiger partial charge is 0.265 e. The summed E-state index contributed by atoms with van der Waals surface area (Å²) in [6.45, 7) is 16.0. The highest BCUT2D eigenvalue weighted by atomic mass is 16.5. The summed E-state index contributed by atoms with van der Waals surface area (Å²) >= 11 is 0. The average molecular weight is 583 g/mol. The van der Waals surface area contributed by atoms with Crippen molar-refractivity contribution in [2.24, 2.45) is 22.1 Å². The number of pyridine rings is 1. The average Bonchev–Trinajstić information content (AvgIpc) is 2.99. The third-order valence-electron chi connectivity index (χ3n) is 7.65.